The van der Waals surface area contributed by atoms with Crippen molar-refractivity contribution in [2.45, 2.75) is 62.6 Å². The number of carbonyl (C=O) groups excluding carboxylic acids is 3. The Balaban J connectivity index is 2.03. The van der Waals surface area contributed by atoms with Gasteiger partial charge in [-0.2, -0.15) is 0 Å². The topological polar surface area (TPSA) is 251 Å². The minimum absolute atomic E-state index is 0.106. The summed E-state index contributed by atoms with van der Waals surface area (Å²) in [7, 11) is 1.28. The molecule has 16 nitrogen and oxygen atoms in total. The first-order chi connectivity index (χ1) is 21.7. The van der Waals surface area contributed by atoms with Gasteiger partial charge in [-0.05, 0) is 19.8 Å². The lowest BCUT2D eigenvalue weighted by Gasteiger charge is -2.36. The van der Waals surface area contributed by atoms with E-state index in [-0.39, 0.29) is 40.4 Å². The number of hydrogen-bond acceptors (Lipinski definition) is 14. The molecule has 2 heterocycles. The van der Waals surface area contributed by atoms with Gasteiger partial charge in [0.25, 0.3) is 11.8 Å². The highest BCUT2D eigenvalue weighted by Gasteiger charge is 2.43. The number of aryl methyl sites for hydroxylation is 1. The second kappa shape index (κ2) is 16.4. The number of thioether (sulfide) groups is 2. The molecular formula is C28H36N6O10S2. The molecule has 1 fully saturated rings. The van der Waals surface area contributed by atoms with Crippen LogP contribution >= 0.6 is 23.5 Å². The van der Waals surface area contributed by atoms with Gasteiger partial charge in [0, 0.05) is 37.2 Å². The van der Waals surface area contributed by atoms with E-state index in [2.05, 4.69) is 30.6 Å². The van der Waals surface area contributed by atoms with Crippen molar-refractivity contribution in [3.63, 3.8) is 0 Å². The van der Waals surface area contributed by atoms with Crippen molar-refractivity contribution in [3.05, 3.63) is 29.5 Å². The van der Waals surface area contributed by atoms with Crippen LogP contribution in [0.1, 0.15) is 60.7 Å². The molecule has 0 radical (unpaired) electrons. The highest BCUT2D eigenvalue weighted by Crippen LogP contribution is 2.48. The zero-order valence-corrected chi connectivity index (χ0v) is 27.1. The van der Waals surface area contributed by atoms with Crippen molar-refractivity contribution in [1.82, 2.24) is 30.6 Å². The number of aliphatic carboxylic acids is 2. The molecule has 6 N–H and O–H groups in total. The molecule has 2 aromatic heterocycles. The summed E-state index contributed by atoms with van der Waals surface area (Å²) in [4.78, 5) is 78.2. The molecular weight excluding hydrogens is 644 g/mol. The lowest BCUT2D eigenvalue weighted by molar-refractivity contribution is -0.141. The van der Waals surface area contributed by atoms with Crippen LogP contribution in [0.5, 0.6) is 17.6 Å². The number of hydrogen-bond donors (Lipinski definition) is 6. The zero-order valence-electron chi connectivity index (χ0n) is 25.5. The number of aromatic nitrogens is 4. The molecule has 1 aliphatic rings. The van der Waals surface area contributed by atoms with Crippen LogP contribution in [0.4, 0.5) is 0 Å². The van der Waals surface area contributed by atoms with Gasteiger partial charge >= 0.3 is 11.9 Å². The molecule has 18 heteroatoms. The standard InChI is InChI=1S/C28H36N6O10S2/c1-12-24(38)29-8-17(31-12)22(45-10-19(27(40)41)32-13(2)35)15-6-5-7-16(21(15)37)23(18-9-30-25(39)26(34-18)44-4)46-11-20(28(42)43)33-14(3)36/h8-9,15-16,19-20,22-23H,5-7,10-11H2,1-4H3,(H,29,38)(H,30,39)(H,32,35)(H,33,36)(H,40,41)(H,42,43)/t15?,16?,19-,20-,22?,23?/m0/s1. The minimum atomic E-state index is -1.27. The average molecular weight is 681 g/mol. The molecule has 46 heavy (non-hydrogen) atoms. The number of Topliss-reactive ketones (excluding diaryl/α,β-unsaturated/α-hetero) is 1. The van der Waals surface area contributed by atoms with E-state index in [1.807, 2.05) is 0 Å². The predicted molar refractivity (Wildman–Crippen MR) is 165 cm³/mol. The minimum Gasteiger partial charge on any atom is -0.492 e. The van der Waals surface area contributed by atoms with Crippen molar-refractivity contribution in [2.75, 3.05) is 18.6 Å². The predicted octanol–water partition coefficient (Wildman–Crippen LogP) is 1.41. The second-order valence-electron chi connectivity index (χ2n) is 10.6. The monoisotopic (exact) mass is 680 g/mol. The number of methoxy groups -OCH3 is 1. The van der Waals surface area contributed by atoms with Crippen LogP contribution in [-0.4, -0.2) is 101 Å². The summed E-state index contributed by atoms with van der Waals surface area (Å²) < 4.78 is 5.12. The number of nitrogens with zero attached hydrogens (tertiary/aromatic N) is 4. The Hall–Kier alpha value is -4.19. The first-order valence-electron chi connectivity index (χ1n) is 14.1. The van der Waals surface area contributed by atoms with E-state index in [1.54, 1.807) is 0 Å². The summed E-state index contributed by atoms with van der Waals surface area (Å²) in [6.45, 7) is 3.92. The number of ketones is 1. The fourth-order valence-corrected chi connectivity index (χ4v) is 7.88. The lowest BCUT2D eigenvalue weighted by atomic mass is 9.76. The number of carbonyl (C=O) groups is 5. The van der Waals surface area contributed by atoms with Crippen molar-refractivity contribution < 1.29 is 49.1 Å². The van der Waals surface area contributed by atoms with Gasteiger partial charge in [-0.15, -0.1) is 23.5 Å². The molecule has 6 atom stereocenters. The number of amides is 2. The summed E-state index contributed by atoms with van der Waals surface area (Å²) in [5, 5.41) is 42.7. The van der Waals surface area contributed by atoms with E-state index in [9.17, 15) is 44.4 Å². The van der Waals surface area contributed by atoms with Crippen molar-refractivity contribution in [3.8, 4) is 17.6 Å². The normalized spacial score (nSPS) is 18.9. The van der Waals surface area contributed by atoms with Crippen LogP contribution in [-0.2, 0) is 24.0 Å². The van der Waals surface area contributed by atoms with Crippen molar-refractivity contribution >= 4 is 53.1 Å². The third kappa shape index (κ3) is 9.41. The number of carboxylic acids is 2. The molecule has 0 aliphatic heterocycles. The molecule has 1 saturated carbocycles. The van der Waals surface area contributed by atoms with Gasteiger partial charge in [0.15, 0.2) is 0 Å². The van der Waals surface area contributed by atoms with Crippen molar-refractivity contribution in [1.29, 1.82) is 0 Å². The molecule has 0 bridgehead atoms. The summed E-state index contributed by atoms with van der Waals surface area (Å²) in [6.07, 6.45) is 3.92. The van der Waals surface area contributed by atoms with Crippen LogP contribution in [0.25, 0.3) is 0 Å². The summed E-state index contributed by atoms with van der Waals surface area (Å²) >= 11 is 2.19. The average Bonchev–Trinajstić information content (AvgIpc) is 2.99. The van der Waals surface area contributed by atoms with Crippen molar-refractivity contribution in [2.24, 2.45) is 11.8 Å². The number of aromatic hydroxyl groups is 2. The molecule has 4 unspecified atom stereocenters. The Labute approximate surface area is 272 Å². The zero-order chi connectivity index (χ0) is 34.1. The molecule has 2 amide bonds. The van der Waals surface area contributed by atoms with Crippen LogP contribution in [0, 0.1) is 18.8 Å². The Bertz CT molecular complexity index is 1460. The van der Waals surface area contributed by atoms with Gasteiger partial charge in [-0.3, -0.25) is 14.4 Å². The Morgan fingerprint density at radius 1 is 0.870 bits per heavy atom. The SMILES string of the molecule is COc1nc(C(SC[C@H](NC(C)=O)C(=O)O)C2CCCC(C(SC[C@H](NC(C)=O)C(=O)O)c3cnc(O)c(C)n3)C2=O)cnc1O. The maximum Gasteiger partial charge on any atom is 0.327 e. The molecule has 250 valence electrons. The number of carboxylic acid groups (broad SMARTS) is 2. The Morgan fingerprint density at radius 3 is 1.74 bits per heavy atom. The summed E-state index contributed by atoms with van der Waals surface area (Å²) in [5.74, 6) is -6.53. The van der Waals surface area contributed by atoms with Crippen LogP contribution in [0.2, 0.25) is 0 Å². The maximum absolute atomic E-state index is 14.4. The molecule has 0 saturated heterocycles. The molecule has 1 aliphatic carbocycles. The van der Waals surface area contributed by atoms with E-state index in [0.717, 1.165) is 23.5 Å². The third-order valence-corrected chi connectivity index (χ3v) is 10.1. The summed E-state index contributed by atoms with van der Waals surface area (Å²) in [5.41, 5.74) is 0.780. The third-order valence-electron chi connectivity index (χ3n) is 7.19. The maximum atomic E-state index is 14.4. The van der Waals surface area contributed by atoms with E-state index in [0.29, 0.717) is 25.0 Å². The van der Waals surface area contributed by atoms with Gasteiger partial charge in [-0.1, -0.05) is 6.42 Å². The smallest absolute Gasteiger partial charge is 0.327 e. The molecule has 3 rings (SSSR count). The van der Waals surface area contributed by atoms with E-state index < -0.39 is 64.1 Å². The molecule has 0 aromatic carbocycles. The lowest BCUT2D eigenvalue weighted by Crippen LogP contribution is -2.42. The van der Waals surface area contributed by atoms with E-state index >= 15 is 0 Å². The Kier molecular flexibility index (Phi) is 12.9. The number of nitrogens with one attached hydrogen (secondary N) is 2. The van der Waals surface area contributed by atoms with Crippen LogP contribution < -0.4 is 15.4 Å². The van der Waals surface area contributed by atoms with Gasteiger partial charge < -0.3 is 35.8 Å². The first-order valence-corrected chi connectivity index (χ1v) is 16.2. The highest BCUT2D eigenvalue weighted by atomic mass is 32.2. The van der Waals surface area contributed by atoms with Crippen LogP contribution in [0.15, 0.2) is 12.4 Å². The quantitative estimate of drug-likeness (QED) is 0.155. The number of rotatable bonds is 15. The van der Waals surface area contributed by atoms with Gasteiger partial charge in [0.1, 0.15) is 17.9 Å². The first kappa shape index (κ1) is 36.3. The van der Waals surface area contributed by atoms with Gasteiger partial charge in [0.05, 0.1) is 47.1 Å². The fraction of sp³-hybridized carbons (Fsp3) is 0.536. The van der Waals surface area contributed by atoms with Crippen LogP contribution in [0.3, 0.4) is 0 Å². The van der Waals surface area contributed by atoms with E-state index in [4.69, 9.17) is 4.74 Å². The fourth-order valence-electron chi connectivity index (χ4n) is 5.06. The molecule has 0 spiro atoms. The summed E-state index contributed by atoms with van der Waals surface area (Å²) in [6, 6.07) is -2.53. The highest BCUT2D eigenvalue weighted by molar-refractivity contribution is 7.99. The molecule has 2 aromatic rings. The number of ether oxygens (including phenoxy) is 1. The Morgan fingerprint density at radius 2 is 1.33 bits per heavy atom. The van der Waals surface area contributed by atoms with Gasteiger partial charge in [0.2, 0.25) is 17.7 Å². The van der Waals surface area contributed by atoms with E-state index in [1.165, 1.54) is 40.3 Å². The van der Waals surface area contributed by atoms with Gasteiger partial charge in [-0.25, -0.2) is 29.5 Å². The second-order valence-corrected chi connectivity index (χ2v) is 12.9. The largest absolute Gasteiger partial charge is 0.492 e.